The Morgan fingerprint density at radius 2 is 2.03 bits per heavy atom. The number of fused-ring (bicyclic) bond motifs is 1. The molecule has 0 saturated heterocycles. The predicted molar refractivity (Wildman–Crippen MR) is 130 cm³/mol. The van der Waals surface area contributed by atoms with Crippen LogP contribution in [0.2, 0.25) is 0 Å². The minimum atomic E-state index is -0.673. The summed E-state index contributed by atoms with van der Waals surface area (Å²) in [6.45, 7) is 7.48. The van der Waals surface area contributed by atoms with Crippen LogP contribution in [0.4, 0.5) is 0 Å². The maximum absolute atomic E-state index is 13.0. The molecule has 33 heavy (non-hydrogen) atoms. The highest BCUT2D eigenvalue weighted by atomic mass is 32.1. The molecule has 0 aliphatic heterocycles. The van der Waals surface area contributed by atoms with E-state index >= 15 is 0 Å². The first kappa shape index (κ1) is 23.4. The van der Waals surface area contributed by atoms with Crippen molar-refractivity contribution in [1.82, 2.24) is 14.9 Å². The Balaban J connectivity index is 1.45. The number of aromatic nitrogens is 2. The molecule has 1 atom stereocenters. The van der Waals surface area contributed by atoms with Crippen molar-refractivity contribution in [2.45, 2.75) is 46.1 Å². The van der Waals surface area contributed by atoms with Crippen molar-refractivity contribution in [3.8, 4) is 11.1 Å². The molecule has 4 rings (SSSR count). The van der Waals surface area contributed by atoms with E-state index in [4.69, 9.17) is 14.1 Å². The number of nitrogens with zero attached hydrogens (tertiary/aromatic N) is 2. The zero-order chi connectivity index (χ0) is 23.4. The van der Waals surface area contributed by atoms with E-state index in [0.29, 0.717) is 30.9 Å². The highest BCUT2D eigenvalue weighted by Gasteiger charge is 2.19. The van der Waals surface area contributed by atoms with Crippen LogP contribution in [-0.4, -0.2) is 45.3 Å². The summed E-state index contributed by atoms with van der Waals surface area (Å²) in [4.78, 5) is 23.4. The highest BCUT2D eigenvalue weighted by molar-refractivity contribution is 7.17. The Bertz CT molecular complexity index is 1230. The lowest BCUT2D eigenvalue weighted by Gasteiger charge is -2.28. The molecular formula is C25H29N3O4S. The van der Waals surface area contributed by atoms with Gasteiger partial charge in [0.25, 0.3) is 5.56 Å². The average molecular weight is 468 g/mol. The zero-order valence-corrected chi connectivity index (χ0v) is 19.9. The second-order valence-electron chi connectivity index (χ2n) is 8.48. The lowest BCUT2D eigenvalue weighted by molar-refractivity contribution is -0.00158. The van der Waals surface area contributed by atoms with Crippen molar-refractivity contribution in [1.29, 1.82) is 0 Å². The van der Waals surface area contributed by atoms with Crippen LogP contribution in [-0.2, 0) is 17.9 Å². The predicted octanol–water partition coefficient (Wildman–Crippen LogP) is 4.34. The fourth-order valence-corrected chi connectivity index (χ4v) is 4.64. The molecule has 0 spiro atoms. The van der Waals surface area contributed by atoms with Gasteiger partial charge in [-0.25, -0.2) is 4.98 Å². The summed E-state index contributed by atoms with van der Waals surface area (Å²) in [6, 6.07) is 11.9. The van der Waals surface area contributed by atoms with Gasteiger partial charge in [-0.1, -0.05) is 29.8 Å². The molecule has 2 N–H and O–H groups in total. The number of aromatic amines is 1. The zero-order valence-electron chi connectivity index (χ0n) is 19.1. The maximum Gasteiger partial charge on any atom is 0.260 e. The van der Waals surface area contributed by atoms with Gasteiger partial charge in [0.15, 0.2) is 0 Å². The Hall–Kier alpha value is -2.78. The quantitative estimate of drug-likeness (QED) is 0.360. The summed E-state index contributed by atoms with van der Waals surface area (Å²) in [5.41, 5.74) is 2.95. The van der Waals surface area contributed by atoms with Crippen LogP contribution in [0.1, 0.15) is 31.0 Å². The number of aryl methyl sites for hydroxylation is 1. The third-order valence-corrected chi connectivity index (χ3v) is 6.39. The molecule has 0 amide bonds. The summed E-state index contributed by atoms with van der Waals surface area (Å²) in [5, 5.41) is 13.1. The number of furan rings is 1. The summed E-state index contributed by atoms with van der Waals surface area (Å²) in [6.07, 6.45) is 0.921. The van der Waals surface area contributed by atoms with Crippen LogP contribution >= 0.6 is 11.3 Å². The first-order valence-corrected chi connectivity index (χ1v) is 11.9. The van der Waals surface area contributed by atoms with E-state index in [1.165, 1.54) is 16.9 Å². The lowest BCUT2D eigenvalue weighted by atomic mass is 10.1. The maximum atomic E-state index is 13.0. The largest absolute Gasteiger partial charge is 0.467 e. The van der Waals surface area contributed by atoms with Crippen LogP contribution < -0.4 is 5.56 Å². The van der Waals surface area contributed by atoms with Crippen LogP contribution in [0.5, 0.6) is 0 Å². The molecule has 0 bridgehead atoms. The number of H-pyrrole nitrogens is 1. The molecule has 1 unspecified atom stereocenters. The number of thiophene rings is 1. The van der Waals surface area contributed by atoms with Gasteiger partial charge in [-0.3, -0.25) is 9.69 Å². The van der Waals surface area contributed by atoms with Crippen LogP contribution in [0.3, 0.4) is 0 Å². The number of hydrogen-bond acceptors (Lipinski definition) is 7. The van der Waals surface area contributed by atoms with Crippen molar-refractivity contribution in [3.05, 3.63) is 75.5 Å². The molecule has 1 aromatic carbocycles. The normalized spacial score (nSPS) is 12.8. The Morgan fingerprint density at radius 1 is 1.24 bits per heavy atom. The number of aliphatic hydroxyl groups is 1. The van der Waals surface area contributed by atoms with E-state index < -0.39 is 6.10 Å². The van der Waals surface area contributed by atoms with Gasteiger partial charge >= 0.3 is 0 Å². The van der Waals surface area contributed by atoms with Gasteiger partial charge < -0.3 is 19.2 Å². The number of hydrogen-bond donors (Lipinski definition) is 2. The first-order chi connectivity index (χ1) is 15.9. The van der Waals surface area contributed by atoms with Crippen molar-refractivity contribution < 1.29 is 14.3 Å². The molecule has 0 radical (unpaired) electrons. The fourth-order valence-electron chi connectivity index (χ4n) is 3.68. The lowest BCUT2D eigenvalue weighted by Crippen LogP contribution is -2.39. The van der Waals surface area contributed by atoms with Crippen molar-refractivity contribution >= 4 is 21.6 Å². The number of ether oxygens (including phenoxy) is 1. The first-order valence-electron chi connectivity index (χ1n) is 11.0. The number of rotatable bonds is 10. The summed E-state index contributed by atoms with van der Waals surface area (Å²) < 4.78 is 10.8. The van der Waals surface area contributed by atoms with Gasteiger partial charge in [0.2, 0.25) is 0 Å². The summed E-state index contributed by atoms with van der Waals surface area (Å²) in [7, 11) is 0. The molecule has 4 aromatic rings. The van der Waals surface area contributed by atoms with E-state index in [-0.39, 0.29) is 18.2 Å². The second-order valence-corrected chi connectivity index (χ2v) is 9.34. The molecule has 8 heteroatoms. The van der Waals surface area contributed by atoms with Gasteiger partial charge in [0.1, 0.15) is 23.0 Å². The molecule has 3 aromatic heterocycles. The molecular weight excluding hydrogens is 438 g/mol. The molecule has 0 aliphatic carbocycles. The highest BCUT2D eigenvalue weighted by Crippen LogP contribution is 2.30. The van der Waals surface area contributed by atoms with Gasteiger partial charge in [0, 0.05) is 23.5 Å². The van der Waals surface area contributed by atoms with Gasteiger partial charge in [-0.15, -0.1) is 11.3 Å². The Labute approximate surface area is 196 Å². The van der Waals surface area contributed by atoms with Crippen LogP contribution in [0.25, 0.3) is 21.3 Å². The standard InChI is InChI=1S/C25H29N3O4S/c1-16(2)28(11-19(29)13-31-14-20-5-4-10-32-20)12-22-26-24(30)23-21(15-33-25(23)27-22)18-8-6-17(3)7-9-18/h4-10,15-16,19,29H,11-14H2,1-3H3,(H,26,27,30). The SMILES string of the molecule is Cc1ccc(-c2csc3nc(CN(CC(O)COCc4ccco4)C(C)C)[nH]c(=O)c23)cc1. The van der Waals surface area contributed by atoms with E-state index in [1.54, 1.807) is 12.3 Å². The molecule has 0 fully saturated rings. The van der Waals surface area contributed by atoms with E-state index in [2.05, 4.69) is 9.88 Å². The third-order valence-electron chi connectivity index (χ3n) is 5.52. The van der Waals surface area contributed by atoms with Gasteiger partial charge in [-0.05, 0) is 38.5 Å². The number of aliphatic hydroxyl groups excluding tert-OH is 1. The monoisotopic (exact) mass is 467 g/mol. The topological polar surface area (TPSA) is 91.6 Å². The van der Waals surface area contributed by atoms with E-state index in [9.17, 15) is 9.90 Å². The Morgan fingerprint density at radius 3 is 2.73 bits per heavy atom. The molecule has 174 valence electrons. The van der Waals surface area contributed by atoms with E-state index in [1.807, 2.05) is 56.5 Å². The van der Waals surface area contributed by atoms with E-state index in [0.717, 1.165) is 21.7 Å². The van der Waals surface area contributed by atoms with Crippen LogP contribution in [0.15, 0.2) is 57.3 Å². The molecule has 7 nitrogen and oxygen atoms in total. The third kappa shape index (κ3) is 5.78. The minimum Gasteiger partial charge on any atom is -0.467 e. The molecule has 0 saturated carbocycles. The smallest absolute Gasteiger partial charge is 0.260 e. The van der Waals surface area contributed by atoms with Crippen molar-refractivity contribution in [2.24, 2.45) is 0 Å². The average Bonchev–Trinajstić information content (AvgIpc) is 3.44. The second kappa shape index (κ2) is 10.4. The number of nitrogens with one attached hydrogen (secondary N) is 1. The molecule has 3 heterocycles. The summed E-state index contributed by atoms with van der Waals surface area (Å²) >= 11 is 1.47. The number of benzene rings is 1. The van der Waals surface area contributed by atoms with Crippen LogP contribution in [0, 0.1) is 6.92 Å². The Kier molecular flexibility index (Phi) is 7.39. The van der Waals surface area contributed by atoms with Crippen molar-refractivity contribution in [3.63, 3.8) is 0 Å². The fraction of sp³-hybridized carbons (Fsp3) is 0.360. The van der Waals surface area contributed by atoms with Gasteiger partial charge in [-0.2, -0.15) is 0 Å². The minimum absolute atomic E-state index is 0.141. The summed E-state index contributed by atoms with van der Waals surface area (Å²) in [5.74, 6) is 1.31. The van der Waals surface area contributed by atoms with Gasteiger partial charge in [0.05, 0.1) is 30.9 Å². The molecule has 0 aliphatic rings. The van der Waals surface area contributed by atoms with Crippen molar-refractivity contribution in [2.75, 3.05) is 13.2 Å².